The summed E-state index contributed by atoms with van der Waals surface area (Å²) >= 11 is 0. The molecule has 4 nitrogen and oxygen atoms in total. The molecule has 0 aliphatic heterocycles. The summed E-state index contributed by atoms with van der Waals surface area (Å²) in [5, 5.41) is 17.2. The third kappa shape index (κ3) is 3.10. The fraction of sp³-hybridized carbons (Fsp3) is 0.700. The zero-order valence-corrected chi connectivity index (χ0v) is 8.85. The number of aliphatic hydroxyl groups is 1. The summed E-state index contributed by atoms with van der Waals surface area (Å²) in [5.41, 5.74) is 0.936. The van der Waals surface area contributed by atoms with Crippen molar-refractivity contribution in [3.63, 3.8) is 0 Å². The molecule has 0 spiro atoms. The minimum Gasteiger partial charge on any atom is -0.372 e. The summed E-state index contributed by atoms with van der Waals surface area (Å²) in [5.74, 6) is 0.665. The molecule has 79 valence electrons. The van der Waals surface area contributed by atoms with Gasteiger partial charge in [0.15, 0.2) is 0 Å². The van der Waals surface area contributed by atoms with Gasteiger partial charge in [0.05, 0.1) is 11.9 Å². The molecule has 0 aliphatic rings. The maximum absolute atomic E-state index is 9.42. The SMILES string of the molecule is [CH2]CC(O)n1cc(CCC(C)C)nn1. The van der Waals surface area contributed by atoms with Crippen molar-refractivity contribution in [2.45, 2.75) is 39.3 Å². The second kappa shape index (κ2) is 5.10. The van der Waals surface area contributed by atoms with Crippen LogP contribution >= 0.6 is 0 Å². The lowest BCUT2D eigenvalue weighted by molar-refractivity contribution is 0.0910. The van der Waals surface area contributed by atoms with Crippen molar-refractivity contribution in [3.05, 3.63) is 18.8 Å². The van der Waals surface area contributed by atoms with E-state index in [1.54, 1.807) is 6.20 Å². The summed E-state index contributed by atoms with van der Waals surface area (Å²) in [6.07, 6.45) is 3.57. The zero-order valence-electron chi connectivity index (χ0n) is 8.85. The Balaban J connectivity index is 2.50. The van der Waals surface area contributed by atoms with E-state index in [1.165, 1.54) is 4.68 Å². The van der Waals surface area contributed by atoms with Crippen molar-refractivity contribution >= 4 is 0 Å². The fourth-order valence-corrected chi connectivity index (χ4v) is 1.14. The van der Waals surface area contributed by atoms with Crippen LogP contribution in [0.2, 0.25) is 0 Å². The molecule has 0 aromatic carbocycles. The molecule has 14 heavy (non-hydrogen) atoms. The number of rotatable bonds is 5. The van der Waals surface area contributed by atoms with Crippen molar-refractivity contribution in [3.8, 4) is 0 Å². The fourth-order valence-electron chi connectivity index (χ4n) is 1.14. The van der Waals surface area contributed by atoms with Crippen molar-refractivity contribution in [1.29, 1.82) is 0 Å². The van der Waals surface area contributed by atoms with Gasteiger partial charge in [-0.15, -0.1) is 5.10 Å². The Hall–Kier alpha value is -0.900. The molecule has 1 rings (SSSR count). The number of hydrogen-bond acceptors (Lipinski definition) is 3. The van der Waals surface area contributed by atoms with Crippen LogP contribution in [-0.2, 0) is 6.42 Å². The summed E-state index contributed by atoms with van der Waals surface area (Å²) in [4.78, 5) is 0. The van der Waals surface area contributed by atoms with Gasteiger partial charge < -0.3 is 5.11 Å². The van der Waals surface area contributed by atoms with E-state index in [2.05, 4.69) is 31.1 Å². The number of hydrogen-bond donors (Lipinski definition) is 1. The monoisotopic (exact) mass is 196 g/mol. The average molecular weight is 196 g/mol. The topological polar surface area (TPSA) is 50.9 Å². The normalized spacial score (nSPS) is 13.5. The van der Waals surface area contributed by atoms with Gasteiger partial charge in [0, 0.05) is 0 Å². The van der Waals surface area contributed by atoms with Crippen molar-refractivity contribution in [2.24, 2.45) is 5.92 Å². The van der Waals surface area contributed by atoms with Gasteiger partial charge in [-0.3, -0.25) is 0 Å². The highest BCUT2D eigenvalue weighted by Gasteiger charge is 2.07. The summed E-state index contributed by atoms with van der Waals surface area (Å²) in [6.45, 7) is 7.96. The van der Waals surface area contributed by atoms with Crippen LogP contribution in [0, 0.1) is 12.8 Å². The van der Waals surface area contributed by atoms with E-state index >= 15 is 0 Å². The molecule has 1 radical (unpaired) electrons. The Morgan fingerprint density at radius 3 is 2.86 bits per heavy atom. The van der Waals surface area contributed by atoms with Crippen LogP contribution in [0.5, 0.6) is 0 Å². The third-order valence-corrected chi connectivity index (χ3v) is 2.10. The minimum absolute atomic E-state index is 0.410. The molecule has 0 saturated heterocycles. The zero-order chi connectivity index (χ0) is 10.6. The van der Waals surface area contributed by atoms with Crippen LogP contribution in [-0.4, -0.2) is 20.1 Å². The van der Waals surface area contributed by atoms with E-state index in [0.717, 1.165) is 18.5 Å². The number of nitrogens with zero attached hydrogens (tertiary/aromatic N) is 3. The number of aryl methyl sites for hydroxylation is 1. The molecule has 0 saturated carbocycles. The molecule has 1 N–H and O–H groups in total. The van der Waals surface area contributed by atoms with Crippen LogP contribution < -0.4 is 0 Å². The molecule has 0 fully saturated rings. The van der Waals surface area contributed by atoms with Gasteiger partial charge in [0.1, 0.15) is 6.23 Å². The Morgan fingerprint density at radius 1 is 1.57 bits per heavy atom. The van der Waals surface area contributed by atoms with Crippen LogP contribution in [0.25, 0.3) is 0 Å². The molecule has 0 bridgehead atoms. The van der Waals surface area contributed by atoms with Crippen molar-refractivity contribution in [2.75, 3.05) is 0 Å². The highest BCUT2D eigenvalue weighted by molar-refractivity contribution is 4.93. The van der Waals surface area contributed by atoms with Gasteiger partial charge in [0.25, 0.3) is 0 Å². The van der Waals surface area contributed by atoms with Crippen LogP contribution in [0.1, 0.15) is 38.6 Å². The Bertz CT molecular complexity index is 270. The predicted molar refractivity (Wildman–Crippen MR) is 54.4 cm³/mol. The van der Waals surface area contributed by atoms with Crippen LogP contribution in [0.3, 0.4) is 0 Å². The van der Waals surface area contributed by atoms with Gasteiger partial charge in [-0.25, -0.2) is 4.68 Å². The van der Waals surface area contributed by atoms with E-state index < -0.39 is 6.23 Å². The Kier molecular flexibility index (Phi) is 4.07. The van der Waals surface area contributed by atoms with E-state index in [0.29, 0.717) is 12.3 Å². The maximum atomic E-state index is 9.42. The molecular formula is C10H18N3O. The smallest absolute Gasteiger partial charge is 0.148 e. The quantitative estimate of drug-likeness (QED) is 0.778. The van der Waals surface area contributed by atoms with Gasteiger partial charge >= 0.3 is 0 Å². The Labute approximate surface area is 84.9 Å². The molecule has 4 heteroatoms. The summed E-state index contributed by atoms with van der Waals surface area (Å²) in [7, 11) is 0. The first-order valence-electron chi connectivity index (χ1n) is 5.01. The lowest BCUT2D eigenvalue weighted by Gasteiger charge is -2.05. The summed E-state index contributed by atoms with van der Waals surface area (Å²) in [6, 6.07) is 0. The van der Waals surface area contributed by atoms with Crippen molar-refractivity contribution < 1.29 is 5.11 Å². The number of aliphatic hydroxyl groups excluding tert-OH is 1. The van der Waals surface area contributed by atoms with E-state index in [4.69, 9.17) is 0 Å². The van der Waals surface area contributed by atoms with Crippen LogP contribution in [0.4, 0.5) is 0 Å². The average Bonchev–Trinajstić information content (AvgIpc) is 2.62. The second-order valence-electron chi connectivity index (χ2n) is 3.89. The lowest BCUT2D eigenvalue weighted by atomic mass is 10.1. The van der Waals surface area contributed by atoms with Crippen LogP contribution in [0.15, 0.2) is 6.20 Å². The molecule has 1 aromatic heterocycles. The second-order valence-corrected chi connectivity index (χ2v) is 3.89. The first-order valence-corrected chi connectivity index (χ1v) is 5.01. The minimum atomic E-state index is -0.643. The van der Waals surface area contributed by atoms with E-state index in [9.17, 15) is 5.11 Å². The molecule has 1 heterocycles. The standard InChI is InChI=1S/C10H18N3O/c1-4-10(14)13-7-9(11-12-13)6-5-8(2)3/h7-8,10,14H,1,4-6H2,2-3H3. The molecule has 1 unspecified atom stereocenters. The van der Waals surface area contributed by atoms with Gasteiger partial charge in [0.2, 0.25) is 0 Å². The predicted octanol–water partition coefficient (Wildman–Crippen LogP) is 1.58. The molecule has 0 aliphatic carbocycles. The first-order chi connectivity index (χ1) is 6.63. The Morgan fingerprint density at radius 2 is 2.29 bits per heavy atom. The maximum Gasteiger partial charge on any atom is 0.148 e. The summed E-state index contributed by atoms with van der Waals surface area (Å²) < 4.78 is 1.46. The third-order valence-electron chi connectivity index (χ3n) is 2.10. The largest absolute Gasteiger partial charge is 0.372 e. The lowest BCUT2D eigenvalue weighted by Crippen LogP contribution is -2.07. The highest BCUT2D eigenvalue weighted by atomic mass is 16.3. The molecule has 0 amide bonds. The first kappa shape index (κ1) is 11.2. The van der Waals surface area contributed by atoms with E-state index in [1.807, 2.05) is 0 Å². The number of aromatic nitrogens is 3. The van der Waals surface area contributed by atoms with E-state index in [-0.39, 0.29) is 0 Å². The molecule has 1 aromatic rings. The van der Waals surface area contributed by atoms with Crippen molar-refractivity contribution in [1.82, 2.24) is 15.0 Å². The molecular weight excluding hydrogens is 178 g/mol. The van der Waals surface area contributed by atoms with Gasteiger partial charge in [-0.05, 0) is 32.1 Å². The van der Waals surface area contributed by atoms with Gasteiger partial charge in [-0.1, -0.05) is 19.1 Å². The van der Waals surface area contributed by atoms with Gasteiger partial charge in [-0.2, -0.15) is 0 Å². The molecule has 1 atom stereocenters. The highest BCUT2D eigenvalue weighted by Crippen LogP contribution is 2.09.